The molecule has 4 atom stereocenters. The van der Waals surface area contributed by atoms with Crippen molar-refractivity contribution in [2.24, 2.45) is 0 Å². The topological polar surface area (TPSA) is 24.9 Å². The van der Waals surface area contributed by atoms with Crippen molar-refractivity contribution in [3.8, 4) is 22.6 Å². The third-order valence-corrected chi connectivity index (χ3v) is 9.69. The quantitative estimate of drug-likeness (QED) is 0.245. The number of hydrogen-bond donors (Lipinski definition) is 0. The molecule has 0 fully saturated rings. The lowest BCUT2D eigenvalue weighted by molar-refractivity contribution is 0.218. The number of ether oxygens (including phenoxy) is 2. The fourth-order valence-corrected chi connectivity index (χ4v) is 7.60. The van der Waals surface area contributed by atoms with Crippen molar-refractivity contribution in [2.75, 3.05) is 9.80 Å². The molecule has 5 aliphatic rings. The predicted octanol–water partition coefficient (Wildman–Crippen LogP) is 8.78. The molecular formula is C39H32N2O2. The molecule has 4 aromatic carbocycles. The Labute approximate surface area is 252 Å². The molecule has 2 aliphatic heterocycles. The molecule has 43 heavy (non-hydrogen) atoms. The highest BCUT2D eigenvalue weighted by Gasteiger charge is 2.41. The molecular weight excluding hydrogens is 528 g/mol. The number of hydrogen-bond acceptors (Lipinski definition) is 4. The Morgan fingerprint density at radius 1 is 0.535 bits per heavy atom. The summed E-state index contributed by atoms with van der Waals surface area (Å²) in [5.41, 5.74) is 9.76. The zero-order valence-electron chi connectivity index (χ0n) is 24.2. The maximum atomic E-state index is 6.40. The van der Waals surface area contributed by atoms with Crippen LogP contribution in [-0.2, 0) is 5.41 Å². The first kappa shape index (κ1) is 24.6. The molecule has 2 heterocycles. The second kappa shape index (κ2) is 9.02. The summed E-state index contributed by atoms with van der Waals surface area (Å²) in [6.45, 7) is 4.73. The SMILES string of the molecule is CC1(C)c2cc(N3c4ccccc4OC4C=CC=CC43)ccc2-c2ccc(N3c4ccccc4OC4C=CC=CC43)cc21. The molecule has 210 valence electrons. The molecule has 0 N–H and O–H groups in total. The van der Waals surface area contributed by atoms with Crippen molar-refractivity contribution in [1.29, 1.82) is 0 Å². The summed E-state index contributed by atoms with van der Waals surface area (Å²) in [6.07, 6.45) is 17.2. The van der Waals surface area contributed by atoms with Crippen molar-refractivity contribution in [3.05, 3.63) is 145 Å². The highest BCUT2D eigenvalue weighted by Crippen LogP contribution is 2.53. The van der Waals surface area contributed by atoms with Crippen LogP contribution >= 0.6 is 0 Å². The molecule has 3 aliphatic carbocycles. The summed E-state index contributed by atoms with van der Waals surface area (Å²) < 4.78 is 12.8. The van der Waals surface area contributed by atoms with Crippen LogP contribution in [-0.4, -0.2) is 24.3 Å². The minimum absolute atomic E-state index is 0.0233. The Bertz CT molecular complexity index is 1780. The van der Waals surface area contributed by atoms with E-state index >= 15 is 0 Å². The first-order valence-electron chi connectivity index (χ1n) is 15.2. The average Bonchev–Trinajstić information content (AvgIpc) is 3.27. The largest absolute Gasteiger partial charge is 0.482 e. The number of anilines is 4. The van der Waals surface area contributed by atoms with Crippen LogP contribution in [0.15, 0.2) is 134 Å². The van der Waals surface area contributed by atoms with Gasteiger partial charge in [-0.15, -0.1) is 0 Å². The number of nitrogens with zero attached hydrogens (tertiary/aromatic N) is 2. The Balaban J connectivity index is 1.15. The van der Waals surface area contributed by atoms with E-state index in [9.17, 15) is 0 Å². The Kier molecular flexibility index (Phi) is 5.16. The smallest absolute Gasteiger partial charge is 0.144 e. The zero-order valence-corrected chi connectivity index (χ0v) is 24.2. The lowest BCUT2D eigenvalue weighted by atomic mass is 9.82. The van der Waals surface area contributed by atoms with Crippen LogP contribution in [0.2, 0.25) is 0 Å². The van der Waals surface area contributed by atoms with Crippen LogP contribution < -0.4 is 19.3 Å². The van der Waals surface area contributed by atoms with Gasteiger partial charge in [0.05, 0.1) is 23.5 Å². The summed E-state index contributed by atoms with van der Waals surface area (Å²) in [4.78, 5) is 4.89. The van der Waals surface area contributed by atoms with Gasteiger partial charge in [0.25, 0.3) is 0 Å². The molecule has 0 radical (unpaired) electrons. The van der Waals surface area contributed by atoms with E-state index in [0.29, 0.717) is 0 Å². The van der Waals surface area contributed by atoms with Crippen LogP contribution in [0, 0.1) is 0 Å². The van der Waals surface area contributed by atoms with Crippen molar-refractivity contribution in [2.45, 2.75) is 43.6 Å². The number of benzene rings is 4. The molecule has 4 nitrogen and oxygen atoms in total. The number of allylic oxidation sites excluding steroid dienone is 4. The van der Waals surface area contributed by atoms with Crippen molar-refractivity contribution < 1.29 is 9.47 Å². The van der Waals surface area contributed by atoms with Gasteiger partial charge in [0, 0.05) is 16.8 Å². The molecule has 4 aromatic rings. The van der Waals surface area contributed by atoms with Gasteiger partial charge < -0.3 is 19.3 Å². The zero-order chi connectivity index (χ0) is 28.7. The van der Waals surface area contributed by atoms with E-state index in [-0.39, 0.29) is 29.7 Å². The monoisotopic (exact) mass is 560 g/mol. The van der Waals surface area contributed by atoms with E-state index in [1.54, 1.807) is 0 Å². The first-order valence-corrected chi connectivity index (χ1v) is 15.2. The van der Waals surface area contributed by atoms with E-state index in [1.807, 2.05) is 12.1 Å². The third kappa shape index (κ3) is 3.56. The highest BCUT2D eigenvalue weighted by atomic mass is 16.5. The van der Waals surface area contributed by atoms with E-state index in [0.717, 1.165) is 22.9 Å². The van der Waals surface area contributed by atoms with Crippen molar-refractivity contribution >= 4 is 22.7 Å². The van der Waals surface area contributed by atoms with Gasteiger partial charge in [0.2, 0.25) is 0 Å². The standard InChI is InChI=1S/C39H32N2O2/c1-39(2)29-23-25(40-31-11-3-7-15-35(31)42-36-16-8-4-12-32(36)40)19-21-27(29)28-22-20-26(24-30(28)39)41-33-13-5-9-17-37(33)43-38-18-10-6-14-34(38)41/h3-24,31,33,35,37H,1-2H3. The van der Waals surface area contributed by atoms with Crippen LogP contribution in [0.1, 0.15) is 25.0 Å². The van der Waals surface area contributed by atoms with Crippen molar-refractivity contribution in [3.63, 3.8) is 0 Å². The summed E-state index contributed by atoms with van der Waals surface area (Å²) in [5, 5.41) is 0. The fraction of sp³-hybridized carbons (Fsp3) is 0.179. The molecule has 4 heteroatoms. The molecule has 0 amide bonds. The lowest BCUT2D eigenvalue weighted by Gasteiger charge is -2.42. The number of fused-ring (bicyclic) bond motifs is 7. The predicted molar refractivity (Wildman–Crippen MR) is 174 cm³/mol. The van der Waals surface area contributed by atoms with Crippen molar-refractivity contribution in [1.82, 2.24) is 0 Å². The number of rotatable bonds is 2. The molecule has 0 saturated heterocycles. The third-order valence-electron chi connectivity index (χ3n) is 9.69. The van der Waals surface area contributed by atoms with Gasteiger partial charge in [-0.1, -0.05) is 86.7 Å². The second-order valence-corrected chi connectivity index (χ2v) is 12.4. The van der Waals surface area contributed by atoms with Gasteiger partial charge in [-0.3, -0.25) is 0 Å². The van der Waals surface area contributed by atoms with Gasteiger partial charge in [-0.25, -0.2) is 0 Å². The van der Waals surface area contributed by atoms with E-state index in [2.05, 4.69) is 145 Å². The maximum Gasteiger partial charge on any atom is 0.144 e. The first-order chi connectivity index (χ1) is 21.1. The molecule has 4 unspecified atom stereocenters. The Hall–Kier alpha value is -4.96. The molecule has 0 saturated carbocycles. The minimum Gasteiger partial charge on any atom is -0.482 e. The van der Waals surface area contributed by atoms with Gasteiger partial charge in [-0.05, 0) is 82.9 Å². The summed E-state index contributed by atoms with van der Waals surface area (Å²) in [6, 6.07) is 31.0. The minimum atomic E-state index is -0.169. The van der Waals surface area contributed by atoms with E-state index < -0.39 is 0 Å². The van der Waals surface area contributed by atoms with Crippen LogP contribution in [0.25, 0.3) is 11.1 Å². The fourth-order valence-electron chi connectivity index (χ4n) is 7.60. The maximum absolute atomic E-state index is 6.40. The summed E-state index contributed by atoms with van der Waals surface area (Å²) >= 11 is 0. The summed E-state index contributed by atoms with van der Waals surface area (Å²) in [7, 11) is 0. The van der Waals surface area contributed by atoms with Crippen LogP contribution in [0.4, 0.5) is 22.7 Å². The lowest BCUT2D eigenvalue weighted by Crippen LogP contribution is -2.46. The van der Waals surface area contributed by atoms with Crippen LogP contribution in [0.3, 0.4) is 0 Å². The Morgan fingerprint density at radius 2 is 0.977 bits per heavy atom. The van der Waals surface area contributed by atoms with Gasteiger partial charge in [0.1, 0.15) is 23.7 Å². The number of para-hydroxylation sites is 4. The van der Waals surface area contributed by atoms with Gasteiger partial charge in [-0.2, -0.15) is 0 Å². The molecule has 9 rings (SSSR count). The highest BCUT2D eigenvalue weighted by molar-refractivity contribution is 5.87. The molecule has 0 aromatic heterocycles. The average molecular weight is 561 g/mol. The summed E-state index contributed by atoms with van der Waals surface area (Å²) in [5.74, 6) is 1.85. The van der Waals surface area contributed by atoms with Gasteiger partial charge >= 0.3 is 0 Å². The van der Waals surface area contributed by atoms with E-state index in [1.165, 1.54) is 33.6 Å². The molecule has 0 bridgehead atoms. The normalized spacial score (nSPS) is 24.6. The van der Waals surface area contributed by atoms with E-state index in [4.69, 9.17) is 9.47 Å². The van der Waals surface area contributed by atoms with Crippen LogP contribution in [0.5, 0.6) is 11.5 Å². The Morgan fingerprint density at radius 3 is 1.47 bits per heavy atom. The molecule has 0 spiro atoms. The second-order valence-electron chi connectivity index (χ2n) is 12.4. The van der Waals surface area contributed by atoms with Gasteiger partial charge in [0.15, 0.2) is 0 Å².